The highest BCUT2D eigenvalue weighted by Crippen LogP contribution is 2.28. The summed E-state index contributed by atoms with van der Waals surface area (Å²) in [6, 6.07) is 12.3. The highest BCUT2D eigenvalue weighted by molar-refractivity contribution is 5.94. The van der Waals surface area contributed by atoms with Gasteiger partial charge in [0.25, 0.3) is 5.91 Å². The zero-order valence-corrected chi connectivity index (χ0v) is 16.3. The van der Waals surface area contributed by atoms with E-state index in [-0.39, 0.29) is 18.3 Å². The number of nitrogens with one attached hydrogen (secondary N) is 1. The molecule has 1 amide bonds. The van der Waals surface area contributed by atoms with Gasteiger partial charge in [0.15, 0.2) is 23.9 Å². The van der Waals surface area contributed by atoms with E-state index in [4.69, 9.17) is 18.9 Å². The molecule has 0 aliphatic carbocycles. The summed E-state index contributed by atoms with van der Waals surface area (Å²) in [4.78, 5) is 23.5. The van der Waals surface area contributed by atoms with Crippen LogP contribution in [0, 0.1) is 0 Å². The minimum Gasteiger partial charge on any atom is -0.493 e. The van der Waals surface area contributed by atoms with E-state index in [0.717, 1.165) is 11.3 Å². The van der Waals surface area contributed by atoms with Crippen LogP contribution in [-0.2, 0) is 16.1 Å². The molecule has 0 saturated carbocycles. The Morgan fingerprint density at radius 3 is 2.50 bits per heavy atom. The molecule has 2 aromatic rings. The van der Waals surface area contributed by atoms with E-state index in [1.165, 1.54) is 14.0 Å². The highest BCUT2D eigenvalue weighted by atomic mass is 16.5. The van der Waals surface area contributed by atoms with Gasteiger partial charge in [-0.2, -0.15) is 0 Å². The van der Waals surface area contributed by atoms with Crippen molar-refractivity contribution in [1.82, 2.24) is 5.32 Å². The maximum atomic E-state index is 12.1. The predicted octanol–water partition coefficient (Wildman–Crippen LogP) is 2.62. The number of amides is 1. The quantitative estimate of drug-likeness (QED) is 0.471. The van der Waals surface area contributed by atoms with Gasteiger partial charge in [-0.1, -0.05) is 12.1 Å². The third-order valence-electron chi connectivity index (χ3n) is 3.87. The second-order valence-corrected chi connectivity index (χ2v) is 5.98. The van der Waals surface area contributed by atoms with Gasteiger partial charge >= 0.3 is 0 Å². The van der Waals surface area contributed by atoms with Crippen molar-refractivity contribution < 1.29 is 28.5 Å². The number of methoxy groups -OCH3 is 2. The van der Waals surface area contributed by atoms with E-state index >= 15 is 0 Å². The van der Waals surface area contributed by atoms with Crippen molar-refractivity contribution in [3.8, 4) is 17.2 Å². The summed E-state index contributed by atoms with van der Waals surface area (Å²) in [6.45, 7) is 2.63. The van der Waals surface area contributed by atoms with Crippen molar-refractivity contribution in [2.75, 3.05) is 34.0 Å². The lowest BCUT2D eigenvalue weighted by Gasteiger charge is -2.12. The molecule has 0 heterocycles. The molecular weight excluding hydrogens is 362 g/mol. The van der Waals surface area contributed by atoms with Gasteiger partial charge in [0, 0.05) is 19.2 Å². The average Bonchev–Trinajstić information content (AvgIpc) is 2.71. The van der Waals surface area contributed by atoms with Gasteiger partial charge in [-0.15, -0.1) is 0 Å². The molecule has 1 N–H and O–H groups in total. The smallest absolute Gasteiger partial charge is 0.258 e. The van der Waals surface area contributed by atoms with Crippen LogP contribution in [0.15, 0.2) is 42.5 Å². The van der Waals surface area contributed by atoms with Crippen LogP contribution in [0.2, 0.25) is 0 Å². The van der Waals surface area contributed by atoms with Crippen LogP contribution in [0.4, 0.5) is 0 Å². The third-order valence-corrected chi connectivity index (χ3v) is 3.87. The molecule has 2 aromatic carbocycles. The van der Waals surface area contributed by atoms with Crippen molar-refractivity contribution in [2.24, 2.45) is 0 Å². The monoisotopic (exact) mass is 387 g/mol. The normalized spacial score (nSPS) is 10.2. The molecule has 0 aromatic heterocycles. The Morgan fingerprint density at radius 2 is 1.79 bits per heavy atom. The van der Waals surface area contributed by atoms with E-state index in [0.29, 0.717) is 36.8 Å². The predicted molar refractivity (Wildman–Crippen MR) is 104 cm³/mol. The first kappa shape index (κ1) is 21.2. The number of hydrogen-bond donors (Lipinski definition) is 1. The van der Waals surface area contributed by atoms with Crippen LogP contribution in [0.5, 0.6) is 17.2 Å². The molecule has 0 unspecified atom stereocenters. The topological polar surface area (TPSA) is 83.1 Å². The zero-order chi connectivity index (χ0) is 20.4. The zero-order valence-electron chi connectivity index (χ0n) is 16.3. The number of hydrogen-bond acceptors (Lipinski definition) is 6. The Kier molecular flexibility index (Phi) is 8.30. The molecular formula is C21H25NO6. The van der Waals surface area contributed by atoms with E-state index in [1.54, 1.807) is 25.3 Å². The summed E-state index contributed by atoms with van der Waals surface area (Å²) < 4.78 is 21.2. The summed E-state index contributed by atoms with van der Waals surface area (Å²) >= 11 is 0. The largest absolute Gasteiger partial charge is 0.493 e. The Morgan fingerprint density at radius 1 is 0.964 bits per heavy atom. The van der Waals surface area contributed by atoms with Gasteiger partial charge in [0.05, 0.1) is 13.7 Å². The SMILES string of the molecule is COCCOc1cccc(CNC(=O)COc2ccc(C(C)=O)cc2OC)c1. The van der Waals surface area contributed by atoms with Crippen LogP contribution >= 0.6 is 0 Å². The van der Waals surface area contributed by atoms with Gasteiger partial charge in [0.2, 0.25) is 0 Å². The maximum absolute atomic E-state index is 12.1. The molecule has 28 heavy (non-hydrogen) atoms. The van der Waals surface area contributed by atoms with Crippen LogP contribution < -0.4 is 19.5 Å². The number of Topliss-reactive ketones (excluding diaryl/α,β-unsaturated/α-hetero) is 1. The van der Waals surface area contributed by atoms with Crippen molar-refractivity contribution in [3.63, 3.8) is 0 Å². The van der Waals surface area contributed by atoms with Crippen molar-refractivity contribution in [3.05, 3.63) is 53.6 Å². The summed E-state index contributed by atoms with van der Waals surface area (Å²) in [5.74, 6) is 1.17. The minimum absolute atomic E-state index is 0.0731. The van der Waals surface area contributed by atoms with Gasteiger partial charge in [-0.25, -0.2) is 0 Å². The third kappa shape index (κ3) is 6.59. The summed E-state index contributed by atoms with van der Waals surface area (Å²) in [7, 11) is 3.10. The molecule has 0 radical (unpaired) electrons. The Hall–Kier alpha value is -3.06. The standard InChI is InChI=1S/C21H25NO6/c1-15(23)17-7-8-19(20(12-17)26-3)28-14-21(24)22-13-16-5-4-6-18(11-16)27-10-9-25-2/h4-8,11-12H,9-10,13-14H2,1-3H3,(H,22,24). The first-order chi connectivity index (χ1) is 13.5. The molecule has 2 rings (SSSR count). The van der Waals surface area contributed by atoms with Crippen LogP contribution in [0.25, 0.3) is 0 Å². The van der Waals surface area contributed by atoms with Gasteiger partial charge in [-0.05, 0) is 42.8 Å². The fourth-order valence-electron chi connectivity index (χ4n) is 2.39. The number of rotatable bonds is 11. The highest BCUT2D eigenvalue weighted by Gasteiger charge is 2.10. The number of carbonyl (C=O) groups is 2. The minimum atomic E-state index is -0.275. The number of ether oxygens (including phenoxy) is 4. The van der Waals surface area contributed by atoms with E-state index in [1.807, 2.05) is 24.3 Å². The van der Waals surface area contributed by atoms with Crippen molar-refractivity contribution in [2.45, 2.75) is 13.5 Å². The first-order valence-corrected chi connectivity index (χ1v) is 8.82. The molecule has 0 aliphatic rings. The lowest BCUT2D eigenvalue weighted by Crippen LogP contribution is -2.28. The molecule has 150 valence electrons. The lowest BCUT2D eigenvalue weighted by molar-refractivity contribution is -0.123. The number of carbonyl (C=O) groups excluding carboxylic acids is 2. The van der Waals surface area contributed by atoms with Gasteiger partial charge in [-0.3, -0.25) is 9.59 Å². The van der Waals surface area contributed by atoms with Crippen molar-refractivity contribution >= 4 is 11.7 Å². The summed E-state index contributed by atoms with van der Waals surface area (Å²) in [6.07, 6.45) is 0. The summed E-state index contributed by atoms with van der Waals surface area (Å²) in [5.41, 5.74) is 1.42. The fraction of sp³-hybridized carbons (Fsp3) is 0.333. The molecule has 0 spiro atoms. The average molecular weight is 387 g/mol. The molecule has 0 saturated heterocycles. The molecule has 7 heteroatoms. The van der Waals surface area contributed by atoms with Gasteiger partial charge in [0.1, 0.15) is 12.4 Å². The molecule has 0 aliphatic heterocycles. The van der Waals surface area contributed by atoms with Crippen LogP contribution in [0.1, 0.15) is 22.8 Å². The lowest BCUT2D eigenvalue weighted by atomic mass is 10.1. The molecule has 7 nitrogen and oxygen atoms in total. The fourth-order valence-corrected chi connectivity index (χ4v) is 2.39. The van der Waals surface area contributed by atoms with Crippen LogP contribution in [0.3, 0.4) is 0 Å². The Balaban J connectivity index is 1.85. The Labute approximate surface area is 164 Å². The molecule has 0 bridgehead atoms. The molecule has 0 atom stereocenters. The number of ketones is 1. The summed E-state index contributed by atoms with van der Waals surface area (Å²) in [5, 5.41) is 2.79. The Bertz CT molecular complexity index is 805. The van der Waals surface area contributed by atoms with E-state index in [2.05, 4.69) is 5.32 Å². The van der Waals surface area contributed by atoms with E-state index in [9.17, 15) is 9.59 Å². The van der Waals surface area contributed by atoms with E-state index < -0.39 is 0 Å². The first-order valence-electron chi connectivity index (χ1n) is 8.82. The van der Waals surface area contributed by atoms with Crippen molar-refractivity contribution in [1.29, 1.82) is 0 Å². The van der Waals surface area contributed by atoms with Crippen LogP contribution in [-0.4, -0.2) is 45.7 Å². The number of benzene rings is 2. The second-order valence-electron chi connectivity index (χ2n) is 5.98. The van der Waals surface area contributed by atoms with Gasteiger partial charge < -0.3 is 24.3 Å². The molecule has 0 fully saturated rings. The second kappa shape index (κ2) is 10.9. The maximum Gasteiger partial charge on any atom is 0.258 e.